The van der Waals surface area contributed by atoms with E-state index in [1.165, 1.54) is 19.4 Å². The van der Waals surface area contributed by atoms with E-state index in [4.69, 9.17) is 15.0 Å². The number of anilines is 1. The number of hydrogen-bond donors (Lipinski definition) is 1. The van der Waals surface area contributed by atoms with Gasteiger partial charge in [0.2, 0.25) is 5.88 Å². The molecule has 0 bridgehead atoms. The Morgan fingerprint density at radius 1 is 1.37 bits per heavy atom. The summed E-state index contributed by atoms with van der Waals surface area (Å²) in [5.41, 5.74) is 7.12. The van der Waals surface area contributed by atoms with Crippen LogP contribution in [0.25, 0.3) is 11.1 Å². The van der Waals surface area contributed by atoms with Gasteiger partial charge in [-0.05, 0) is 18.6 Å². The second-order valence-corrected chi connectivity index (χ2v) is 4.33. The molecule has 0 radical (unpaired) electrons. The quantitative estimate of drug-likeness (QED) is 0.927. The lowest BCUT2D eigenvalue weighted by Crippen LogP contribution is -2.10. The number of nitrogen functional groups attached to an aromatic ring is 1. The Bertz CT molecular complexity index is 603. The molecule has 4 nitrogen and oxygen atoms in total. The Balaban J connectivity index is 2.77. The number of halogens is 2. The lowest BCUT2D eigenvalue weighted by Gasteiger charge is -2.19. The smallest absolute Gasteiger partial charge is 0.274 e. The zero-order chi connectivity index (χ0) is 14.2. The number of methoxy groups -OCH3 is 1. The largest absolute Gasteiger partial charge is 0.496 e. The van der Waals surface area contributed by atoms with E-state index in [0.29, 0.717) is 11.1 Å². The van der Waals surface area contributed by atoms with Gasteiger partial charge in [-0.2, -0.15) is 0 Å². The normalized spacial score (nSPS) is 11.6. The fourth-order valence-corrected chi connectivity index (χ4v) is 2.01. The predicted octanol–water partition coefficient (Wildman–Crippen LogP) is 3.35. The minimum absolute atomic E-state index is 0.0676. The summed E-state index contributed by atoms with van der Waals surface area (Å²) >= 11 is 0. The van der Waals surface area contributed by atoms with Crippen molar-refractivity contribution >= 4 is 5.88 Å². The molecular formula is C13H14F2N2O2. The number of nitrogens with zero attached hydrogens (tertiary/aromatic N) is 1. The van der Waals surface area contributed by atoms with Crippen molar-refractivity contribution < 1.29 is 18.0 Å². The molecule has 0 unspecified atom stereocenters. The summed E-state index contributed by atoms with van der Waals surface area (Å²) < 4.78 is 37.2. The third-order valence-electron chi connectivity index (χ3n) is 2.91. The number of aromatic nitrogens is 1. The summed E-state index contributed by atoms with van der Waals surface area (Å²) in [5.74, 6) is -2.86. The number of hydrogen-bond acceptors (Lipinski definition) is 4. The molecule has 2 aromatic rings. The average Bonchev–Trinajstić information content (AvgIpc) is 2.73. The van der Waals surface area contributed by atoms with E-state index in [-0.39, 0.29) is 17.2 Å². The summed E-state index contributed by atoms with van der Waals surface area (Å²) in [7, 11) is 1.34. The van der Waals surface area contributed by atoms with Crippen molar-refractivity contribution in [1.82, 2.24) is 5.16 Å². The van der Waals surface area contributed by atoms with Crippen LogP contribution in [0, 0.1) is 6.92 Å². The van der Waals surface area contributed by atoms with E-state index >= 15 is 0 Å². The zero-order valence-electron chi connectivity index (χ0n) is 10.8. The van der Waals surface area contributed by atoms with Crippen LogP contribution in [0.4, 0.5) is 14.7 Å². The molecule has 2 N–H and O–H groups in total. The van der Waals surface area contributed by atoms with Crippen LogP contribution in [0.1, 0.15) is 18.1 Å². The Morgan fingerprint density at radius 2 is 2.05 bits per heavy atom. The van der Waals surface area contributed by atoms with Crippen molar-refractivity contribution in [2.24, 2.45) is 0 Å². The van der Waals surface area contributed by atoms with Crippen LogP contribution in [0.15, 0.2) is 22.9 Å². The van der Waals surface area contributed by atoms with Gasteiger partial charge in [-0.3, -0.25) is 0 Å². The summed E-state index contributed by atoms with van der Waals surface area (Å²) in [6.07, 6.45) is 1.39. The molecule has 0 amide bonds. The molecule has 0 saturated carbocycles. The minimum Gasteiger partial charge on any atom is -0.496 e. The number of ether oxygens (including phenoxy) is 1. The maximum absolute atomic E-state index is 13.6. The average molecular weight is 268 g/mol. The first kappa shape index (κ1) is 13.3. The topological polar surface area (TPSA) is 61.3 Å². The van der Waals surface area contributed by atoms with Crippen molar-refractivity contribution in [2.75, 3.05) is 12.8 Å². The molecule has 19 heavy (non-hydrogen) atoms. The molecule has 6 heteroatoms. The summed E-state index contributed by atoms with van der Waals surface area (Å²) in [6, 6.07) is 2.94. The molecule has 0 aliphatic carbocycles. The van der Waals surface area contributed by atoms with E-state index in [0.717, 1.165) is 12.5 Å². The number of rotatable bonds is 3. The first-order valence-electron chi connectivity index (χ1n) is 5.62. The molecule has 0 atom stereocenters. The first-order valence-corrected chi connectivity index (χ1v) is 5.62. The van der Waals surface area contributed by atoms with Crippen LogP contribution >= 0.6 is 0 Å². The molecule has 0 saturated heterocycles. The van der Waals surface area contributed by atoms with Gasteiger partial charge in [-0.15, -0.1) is 0 Å². The van der Waals surface area contributed by atoms with E-state index in [9.17, 15) is 8.78 Å². The molecule has 0 aliphatic heterocycles. The highest BCUT2D eigenvalue weighted by Crippen LogP contribution is 2.43. The van der Waals surface area contributed by atoms with Crippen LogP contribution in [-0.4, -0.2) is 12.3 Å². The van der Waals surface area contributed by atoms with Gasteiger partial charge in [-0.1, -0.05) is 11.2 Å². The maximum atomic E-state index is 13.6. The predicted molar refractivity (Wildman–Crippen MR) is 67.2 cm³/mol. The van der Waals surface area contributed by atoms with Crippen molar-refractivity contribution in [2.45, 2.75) is 19.8 Å². The van der Waals surface area contributed by atoms with Gasteiger partial charge in [0.05, 0.1) is 24.4 Å². The number of alkyl halides is 2. The lowest BCUT2D eigenvalue weighted by atomic mass is 9.96. The molecule has 1 aromatic heterocycles. The molecule has 0 fully saturated rings. The Hall–Kier alpha value is -2.11. The number of aryl methyl sites for hydroxylation is 1. The SMILES string of the molecule is COc1c(C(C)(F)F)ccc(C)c1-c1cnoc1N. The fourth-order valence-electron chi connectivity index (χ4n) is 2.01. The third kappa shape index (κ3) is 2.25. The van der Waals surface area contributed by atoms with Crippen LogP contribution in [0.2, 0.25) is 0 Å². The third-order valence-corrected chi connectivity index (χ3v) is 2.91. The molecule has 1 aromatic carbocycles. The van der Waals surface area contributed by atoms with Crippen LogP contribution < -0.4 is 10.5 Å². The second kappa shape index (κ2) is 4.53. The van der Waals surface area contributed by atoms with Gasteiger partial charge >= 0.3 is 0 Å². The van der Waals surface area contributed by atoms with Crippen molar-refractivity contribution in [3.05, 3.63) is 29.5 Å². The Morgan fingerprint density at radius 3 is 2.53 bits per heavy atom. The van der Waals surface area contributed by atoms with Gasteiger partial charge in [0.1, 0.15) is 5.75 Å². The second-order valence-electron chi connectivity index (χ2n) is 4.33. The zero-order valence-corrected chi connectivity index (χ0v) is 10.8. The van der Waals surface area contributed by atoms with Gasteiger partial charge < -0.3 is 15.0 Å². The maximum Gasteiger partial charge on any atom is 0.274 e. The number of benzene rings is 1. The Kier molecular flexibility index (Phi) is 3.18. The van der Waals surface area contributed by atoms with E-state index < -0.39 is 5.92 Å². The van der Waals surface area contributed by atoms with E-state index in [1.807, 2.05) is 0 Å². The Labute approximate surface area is 109 Å². The monoisotopic (exact) mass is 268 g/mol. The van der Waals surface area contributed by atoms with Crippen molar-refractivity contribution in [1.29, 1.82) is 0 Å². The van der Waals surface area contributed by atoms with Crippen molar-refractivity contribution in [3.63, 3.8) is 0 Å². The molecular weight excluding hydrogens is 254 g/mol. The number of nitrogens with two attached hydrogens (primary N) is 1. The molecule has 2 rings (SSSR count). The lowest BCUT2D eigenvalue weighted by molar-refractivity contribution is 0.0151. The fraction of sp³-hybridized carbons (Fsp3) is 0.308. The van der Waals surface area contributed by atoms with Gasteiger partial charge in [0, 0.05) is 12.5 Å². The molecule has 102 valence electrons. The highest BCUT2D eigenvalue weighted by atomic mass is 19.3. The van der Waals surface area contributed by atoms with Crippen LogP contribution in [0.5, 0.6) is 5.75 Å². The van der Waals surface area contributed by atoms with E-state index in [1.54, 1.807) is 13.0 Å². The summed E-state index contributed by atoms with van der Waals surface area (Å²) in [5, 5.41) is 3.56. The standard InChI is InChI=1S/C13H14F2N2O2/c1-7-4-5-9(13(2,14)15)11(18-3)10(7)8-6-17-19-12(8)16/h4-6H,16H2,1-3H3. The van der Waals surface area contributed by atoms with Gasteiger partial charge in [-0.25, -0.2) is 8.78 Å². The molecule has 0 spiro atoms. The van der Waals surface area contributed by atoms with Gasteiger partial charge in [0.25, 0.3) is 5.92 Å². The van der Waals surface area contributed by atoms with Crippen LogP contribution in [-0.2, 0) is 5.92 Å². The van der Waals surface area contributed by atoms with Crippen LogP contribution in [0.3, 0.4) is 0 Å². The molecule has 1 heterocycles. The minimum atomic E-state index is -3.01. The first-order chi connectivity index (χ1) is 8.86. The van der Waals surface area contributed by atoms with E-state index in [2.05, 4.69) is 5.16 Å². The van der Waals surface area contributed by atoms with Crippen molar-refractivity contribution in [3.8, 4) is 16.9 Å². The highest BCUT2D eigenvalue weighted by Gasteiger charge is 2.31. The summed E-state index contributed by atoms with van der Waals surface area (Å²) in [4.78, 5) is 0. The van der Waals surface area contributed by atoms with Gasteiger partial charge in [0.15, 0.2) is 0 Å². The molecule has 0 aliphatic rings. The summed E-state index contributed by atoms with van der Waals surface area (Å²) in [6.45, 7) is 2.60. The highest BCUT2D eigenvalue weighted by molar-refractivity contribution is 5.81.